The summed E-state index contributed by atoms with van der Waals surface area (Å²) in [5.74, 6) is -2.66. The van der Waals surface area contributed by atoms with Gasteiger partial charge in [0.2, 0.25) is 0 Å². The first kappa shape index (κ1) is 21.4. The van der Waals surface area contributed by atoms with Crippen LogP contribution in [0.4, 0.5) is 13.2 Å². The highest BCUT2D eigenvalue weighted by atomic mass is 32.1. The van der Waals surface area contributed by atoms with Crippen LogP contribution in [0.2, 0.25) is 0 Å². The molecule has 2 aromatic heterocycles. The summed E-state index contributed by atoms with van der Waals surface area (Å²) in [7, 11) is 0. The highest BCUT2D eigenvalue weighted by molar-refractivity contribution is 7.26. The van der Waals surface area contributed by atoms with Gasteiger partial charge in [0, 0.05) is 15.5 Å². The number of ether oxygens (including phenoxy) is 1. The van der Waals surface area contributed by atoms with Crippen LogP contribution in [-0.4, -0.2) is 18.1 Å². The van der Waals surface area contributed by atoms with Crippen molar-refractivity contribution in [1.82, 2.24) is 0 Å². The maximum absolute atomic E-state index is 13.3. The van der Waals surface area contributed by atoms with E-state index in [2.05, 4.69) is 0 Å². The zero-order valence-corrected chi connectivity index (χ0v) is 17.8. The summed E-state index contributed by atoms with van der Waals surface area (Å²) < 4.78 is 52.5. The molecule has 162 valence electrons. The number of carbonyl (C=O) groups is 1. The van der Waals surface area contributed by atoms with Crippen LogP contribution in [0.15, 0.2) is 45.6 Å². The number of fused-ring (bicyclic) bond motifs is 5. The van der Waals surface area contributed by atoms with E-state index in [1.807, 2.05) is 38.1 Å². The summed E-state index contributed by atoms with van der Waals surface area (Å²) in [6.07, 6.45) is -5.04. The van der Waals surface area contributed by atoms with Crippen molar-refractivity contribution in [3.05, 3.63) is 52.4 Å². The molecule has 0 N–H and O–H groups in total. The molecular weight excluding hydrogens is 429 g/mol. The van der Waals surface area contributed by atoms with Gasteiger partial charge < -0.3 is 9.15 Å². The van der Waals surface area contributed by atoms with Crippen molar-refractivity contribution in [2.45, 2.75) is 39.5 Å². The Morgan fingerprint density at radius 3 is 2.45 bits per heavy atom. The second-order valence-corrected chi connectivity index (χ2v) is 8.60. The summed E-state index contributed by atoms with van der Waals surface area (Å²) in [6, 6.07) is 10.9. The van der Waals surface area contributed by atoms with Gasteiger partial charge in [0.1, 0.15) is 5.75 Å². The van der Waals surface area contributed by atoms with Gasteiger partial charge in [0.25, 0.3) is 5.78 Å². The van der Waals surface area contributed by atoms with E-state index in [9.17, 15) is 22.8 Å². The van der Waals surface area contributed by atoms with Gasteiger partial charge in [-0.1, -0.05) is 44.5 Å². The molecule has 2 atom stereocenters. The second-order valence-electron chi connectivity index (χ2n) is 7.55. The van der Waals surface area contributed by atoms with E-state index in [1.165, 1.54) is 11.3 Å². The Morgan fingerprint density at radius 1 is 1.10 bits per heavy atom. The van der Waals surface area contributed by atoms with Crippen LogP contribution in [0.5, 0.6) is 5.75 Å². The molecule has 31 heavy (non-hydrogen) atoms. The molecule has 8 heteroatoms. The maximum atomic E-state index is 13.3. The Morgan fingerprint density at radius 2 is 1.77 bits per heavy atom. The predicted molar refractivity (Wildman–Crippen MR) is 115 cm³/mol. The molecule has 2 aromatic carbocycles. The SMILES string of the molecule is CCC(C)C(C)Oc1c(C(=O)C(F)(F)F)c(=O)oc2c1ccc1c3ccccc3sc12. The maximum Gasteiger partial charge on any atom is 0.455 e. The molecule has 0 spiro atoms. The van der Waals surface area contributed by atoms with Crippen LogP contribution in [-0.2, 0) is 0 Å². The van der Waals surface area contributed by atoms with Gasteiger partial charge in [0.15, 0.2) is 11.1 Å². The lowest BCUT2D eigenvalue weighted by Gasteiger charge is -2.22. The molecule has 0 saturated carbocycles. The van der Waals surface area contributed by atoms with Gasteiger partial charge >= 0.3 is 11.8 Å². The third-order valence-corrected chi connectivity index (χ3v) is 6.79. The van der Waals surface area contributed by atoms with Crippen LogP contribution in [0.3, 0.4) is 0 Å². The molecule has 4 aromatic rings. The Hall–Kier alpha value is -2.87. The predicted octanol–water partition coefficient (Wildman–Crippen LogP) is 6.72. The van der Waals surface area contributed by atoms with Crippen molar-refractivity contribution in [3.8, 4) is 5.75 Å². The zero-order valence-electron chi connectivity index (χ0n) is 17.0. The molecule has 0 saturated heterocycles. The summed E-state index contributed by atoms with van der Waals surface area (Å²) in [4.78, 5) is 24.8. The zero-order chi connectivity index (χ0) is 22.5. The van der Waals surface area contributed by atoms with E-state index < -0.39 is 29.3 Å². The number of hydrogen-bond donors (Lipinski definition) is 0. The molecule has 2 heterocycles. The van der Waals surface area contributed by atoms with Crippen LogP contribution >= 0.6 is 11.3 Å². The van der Waals surface area contributed by atoms with Gasteiger partial charge in [-0.2, -0.15) is 13.2 Å². The highest BCUT2D eigenvalue weighted by Crippen LogP contribution is 2.42. The lowest BCUT2D eigenvalue weighted by Crippen LogP contribution is -2.30. The summed E-state index contributed by atoms with van der Waals surface area (Å²) >= 11 is 1.36. The highest BCUT2D eigenvalue weighted by Gasteiger charge is 2.44. The average molecular weight is 448 g/mol. The minimum Gasteiger partial charge on any atom is -0.489 e. The molecular formula is C23H19F3O4S. The molecule has 4 rings (SSSR count). The van der Waals surface area contributed by atoms with E-state index >= 15 is 0 Å². The number of rotatable bonds is 5. The largest absolute Gasteiger partial charge is 0.489 e. The van der Waals surface area contributed by atoms with Gasteiger partial charge in [0.05, 0.1) is 16.2 Å². The number of Topliss-reactive ketones (excluding diaryl/α,β-unsaturated/α-hetero) is 1. The fraction of sp³-hybridized carbons (Fsp3) is 0.304. The standard InChI is InChI=1S/C23H19F3O4S/c1-4-11(2)12(3)29-18-15-10-9-14-13-7-5-6-8-16(13)31-20(14)19(15)30-22(28)17(18)21(27)23(24,25)26/h5-12H,4H2,1-3H3. The molecule has 0 fully saturated rings. The quantitative estimate of drug-likeness (QED) is 0.251. The number of benzene rings is 2. The van der Waals surface area contributed by atoms with Gasteiger partial charge in [-0.05, 0) is 25.0 Å². The van der Waals surface area contributed by atoms with Crippen LogP contribution < -0.4 is 10.4 Å². The van der Waals surface area contributed by atoms with Gasteiger partial charge in [-0.3, -0.25) is 4.79 Å². The third kappa shape index (κ3) is 3.59. The van der Waals surface area contributed by atoms with Gasteiger partial charge in [-0.25, -0.2) is 4.79 Å². The van der Waals surface area contributed by atoms with Crippen LogP contribution in [0, 0.1) is 5.92 Å². The molecule has 0 amide bonds. The Labute approximate surface area is 179 Å². The van der Waals surface area contributed by atoms with E-state index in [0.29, 0.717) is 11.1 Å². The second kappa shape index (κ2) is 7.67. The lowest BCUT2D eigenvalue weighted by atomic mass is 10.0. The Kier molecular flexibility index (Phi) is 5.29. The summed E-state index contributed by atoms with van der Waals surface area (Å²) in [5, 5.41) is 1.92. The van der Waals surface area contributed by atoms with E-state index in [1.54, 1.807) is 19.1 Å². The molecule has 0 bridgehead atoms. The van der Waals surface area contributed by atoms with Crippen LogP contribution in [0.1, 0.15) is 37.6 Å². The van der Waals surface area contributed by atoms with Crippen molar-refractivity contribution < 1.29 is 27.1 Å². The Bertz CT molecular complexity index is 1370. The van der Waals surface area contributed by atoms with Gasteiger partial charge in [-0.15, -0.1) is 11.3 Å². The Balaban J connectivity index is 2.07. The normalized spacial score (nSPS) is 14.3. The van der Waals surface area contributed by atoms with E-state index in [4.69, 9.17) is 9.15 Å². The first-order valence-electron chi connectivity index (χ1n) is 9.82. The van der Waals surface area contributed by atoms with Crippen molar-refractivity contribution in [2.24, 2.45) is 5.92 Å². The smallest absolute Gasteiger partial charge is 0.455 e. The summed E-state index contributed by atoms with van der Waals surface area (Å²) in [5.41, 5.74) is -2.35. The topological polar surface area (TPSA) is 56.5 Å². The van der Waals surface area contributed by atoms with E-state index in [0.717, 1.165) is 15.5 Å². The van der Waals surface area contributed by atoms with Crippen molar-refractivity contribution in [2.75, 3.05) is 0 Å². The number of carbonyl (C=O) groups excluding carboxylic acids is 1. The van der Waals surface area contributed by atoms with Crippen molar-refractivity contribution >= 4 is 48.3 Å². The van der Waals surface area contributed by atoms with Crippen molar-refractivity contribution in [3.63, 3.8) is 0 Å². The molecule has 0 aliphatic rings. The fourth-order valence-corrected chi connectivity index (χ4v) is 4.70. The molecule has 0 aliphatic heterocycles. The lowest BCUT2D eigenvalue weighted by molar-refractivity contribution is -0.0889. The third-order valence-electron chi connectivity index (χ3n) is 5.61. The monoisotopic (exact) mass is 448 g/mol. The number of alkyl halides is 3. The minimum atomic E-state index is -5.23. The van der Waals surface area contributed by atoms with Crippen molar-refractivity contribution in [1.29, 1.82) is 0 Å². The molecule has 4 nitrogen and oxygen atoms in total. The number of hydrogen-bond acceptors (Lipinski definition) is 5. The molecule has 2 unspecified atom stereocenters. The van der Waals surface area contributed by atoms with Crippen LogP contribution in [0.25, 0.3) is 31.1 Å². The molecule has 0 aliphatic carbocycles. The fourth-order valence-electron chi connectivity index (χ4n) is 3.51. The number of halogens is 3. The average Bonchev–Trinajstić information content (AvgIpc) is 3.11. The molecule has 0 radical (unpaired) electrons. The first-order valence-corrected chi connectivity index (χ1v) is 10.6. The minimum absolute atomic E-state index is 0.0100. The number of thiophene rings is 1. The van der Waals surface area contributed by atoms with E-state index in [-0.39, 0.29) is 22.6 Å². The number of ketones is 1. The summed E-state index contributed by atoms with van der Waals surface area (Å²) in [6.45, 7) is 5.51. The first-order chi connectivity index (χ1) is 14.6.